The Morgan fingerprint density at radius 1 is 0.879 bits per heavy atom. The molecule has 3 aromatic carbocycles. The lowest BCUT2D eigenvalue weighted by Crippen LogP contribution is -2.42. The average molecular weight is 526 g/mol. The zero-order chi connectivity index (χ0) is 22.7. The third kappa shape index (κ3) is 6.23. The number of rotatable bonds is 6. The van der Waals surface area contributed by atoms with Crippen molar-refractivity contribution in [3.05, 3.63) is 93.4 Å². The van der Waals surface area contributed by atoms with Gasteiger partial charge in [-0.1, -0.05) is 66.5 Å². The molecule has 0 aliphatic carbocycles. The first-order valence-corrected chi connectivity index (χ1v) is 13.0. The van der Waals surface area contributed by atoms with Gasteiger partial charge < -0.3 is 4.90 Å². The monoisotopic (exact) mass is 524 g/mol. The van der Waals surface area contributed by atoms with Gasteiger partial charge in [0.15, 0.2) is 0 Å². The van der Waals surface area contributed by atoms with Gasteiger partial charge in [0.25, 0.3) is 0 Å². The summed E-state index contributed by atoms with van der Waals surface area (Å²) in [6.07, 6.45) is 1.70. The van der Waals surface area contributed by atoms with Crippen LogP contribution < -0.4 is 9.62 Å². The smallest absolute Gasteiger partial charge is 0.240 e. The second-order valence-electron chi connectivity index (χ2n) is 7.92. The van der Waals surface area contributed by atoms with Crippen LogP contribution in [0.5, 0.6) is 0 Å². The van der Waals surface area contributed by atoms with E-state index in [1.54, 1.807) is 36.4 Å². The number of nitrogens with zero attached hydrogens (tertiary/aromatic N) is 1. The minimum Gasteiger partial charge on any atom is -0.364 e. The summed E-state index contributed by atoms with van der Waals surface area (Å²) in [5.74, 6) is 0.145. The molecule has 1 aliphatic heterocycles. The summed E-state index contributed by atoms with van der Waals surface area (Å²) in [7, 11) is -3.55. The fraction of sp³-hybridized carbons (Fsp3) is 0.280. The summed E-state index contributed by atoms with van der Waals surface area (Å²) in [5.41, 5.74) is 2.02. The van der Waals surface area contributed by atoms with Gasteiger partial charge in [-0.2, -0.15) is 0 Å². The highest BCUT2D eigenvalue weighted by molar-refractivity contribution is 7.89. The maximum atomic E-state index is 12.7. The number of halogens is 3. The van der Waals surface area contributed by atoms with Gasteiger partial charge in [0.2, 0.25) is 10.0 Å². The Hall–Kier alpha value is -1.76. The minimum absolute atomic E-state index is 0. The average Bonchev–Trinajstić information content (AvgIpc) is 2.79. The molecule has 33 heavy (non-hydrogen) atoms. The van der Waals surface area contributed by atoms with E-state index >= 15 is 0 Å². The van der Waals surface area contributed by atoms with Gasteiger partial charge in [0.1, 0.15) is 0 Å². The topological polar surface area (TPSA) is 49.4 Å². The molecule has 1 fully saturated rings. The van der Waals surface area contributed by atoms with E-state index in [0.717, 1.165) is 24.1 Å². The Morgan fingerprint density at radius 3 is 2.21 bits per heavy atom. The van der Waals surface area contributed by atoms with Crippen LogP contribution in [0.1, 0.15) is 31.9 Å². The summed E-state index contributed by atoms with van der Waals surface area (Å²) in [6, 6.07) is 21.8. The van der Waals surface area contributed by atoms with Gasteiger partial charge in [-0.15, -0.1) is 0 Å². The number of nitrogens with one attached hydrogen (secondary N) is 1. The van der Waals surface area contributed by atoms with E-state index in [4.69, 9.17) is 34.8 Å². The van der Waals surface area contributed by atoms with E-state index in [2.05, 4.69) is 9.62 Å². The number of hydrogen-bond acceptors (Lipinski definition) is 3. The molecule has 4 rings (SSSR count). The number of benzene rings is 3. The molecule has 0 radical (unpaired) electrons. The quantitative estimate of drug-likeness (QED) is 0.370. The van der Waals surface area contributed by atoms with Crippen molar-refractivity contribution in [3.8, 4) is 0 Å². The molecule has 8 heteroatoms. The Bertz CT molecular complexity index is 1170. The molecule has 1 heterocycles. The first kappa shape index (κ1) is 25.9. The predicted molar refractivity (Wildman–Crippen MR) is 139 cm³/mol. The van der Waals surface area contributed by atoms with E-state index in [0.29, 0.717) is 28.2 Å². The maximum absolute atomic E-state index is 12.7. The molecular formula is C25H27Cl3N2O2S. The molecule has 1 N–H and O–H groups in total. The van der Waals surface area contributed by atoms with Crippen molar-refractivity contribution >= 4 is 50.5 Å². The van der Waals surface area contributed by atoms with Crippen molar-refractivity contribution in [1.82, 2.24) is 4.72 Å². The summed E-state index contributed by atoms with van der Waals surface area (Å²) in [5, 5.41) is 1.89. The molecule has 1 saturated heterocycles. The molecule has 4 nitrogen and oxygen atoms in total. The second kappa shape index (κ2) is 11.1. The maximum Gasteiger partial charge on any atom is 0.240 e. The van der Waals surface area contributed by atoms with Crippen LogP contribution in [0.15, 0.2) is 77.7 Å². The van der Waals surface area contributed by atoms with Crippen LogP contribution in [0.3, 0.4) is 0 Å². The van der Waals surface area contributed by atoms with Gasteiger partial charge in [-0.25, -0.2) is 13.1 Å². The molecule has 176 valence electrons. The van der Waals surface area contributed by atoms with Crippen LogP contribution >= 0.6 is 34.8 Å². The minimum atomic E-state index is -3.55. The van der Waals surface area contributed by atoms with Crippen molar-refractivity contribution in [1.29, 1.82) is 0 Å². The summed E-state index contributed by atoms with van der Waals surface area (Å²) >= 11 is 18.8. The van der Waals surface area contributed by atoms with Crippen molar-refractivity contribution in [3.63, 3.8) is 0 Å². The molecule has 0 amide bonds. The molecular weight excluding hydrogens is 499 g/mol. The van der Waals surface area contributed by atoms with Gasteiger partial charge in [0, 0.05) is 33.8 Å². The van der Waals surface area contributed by atoms with Crippen LogP contribution in [-0.4, -0.2) is 21.5 Å². The number of sulfonamides is 1. The number of piperidine rings is 1. The van der Waals surface area contributed by atoms with Crippen LogP contribution in [0.4, 0.5) is 5.69 Å². The lowest BCUT2D eigenvalue weighted by Gasteiger charge is -2.42. The van der Waals surface area contributed by atoms with E-state index in [-0.39, 0.29) is 24.3 Å². The summed E-state index contributed by atoms with van der Waals surface area (Å²) < 4.78 is 28.1. The fourth-order valence-corrected chi connectivity index (χ4v) is 5.93. The molecule has 0 bridgehead atoms. The van der Waals surface area contributed by atoms with Crippen molar-refractivity contribution in [2.24, 2.45) is 5.92 Å². The molecule has 3 aromatic rings. The summed E-state index contributed by atoms with van der Waals surface area (Å²) in [6.45, 7) is 1.05. The second-order valence-corrected chi connectivity index (χ2v) is 11.0. The van der Waals surface area contributed by atoms with Crippen LogP contribution in [0.2, 0.25) is 15.1 Å². The first-order valence-electron chi connectivity index (χ1n) is 10.4. The Labute approximate surface area is 211 Å². The van der Waals surface area contributed by atoms with Gasteiger partial charge in [-0.3, -0.25) is 0 Å². The standard InChI is InChI=1S/C24H23Cl3N2O2S.CH4/c25-18-7-10-20(11-8-18)29-16-17(15-28-32(30,31)21-4-2-1-3-5-21)6-13-24(29)22-12-9-19(26)14-23(22)27;/h1-5,7-12,14,17,24,28H,6,13,15-16H2;1H4/t17-,24-;/m0./s1. The SMILES string of the molecule is C.O=S(=O)(NC[C@@H]1CC[C@@H](c2ccc(Cl)cc2Cl)N(c2ccc(Cl)cc2)C1)c1ccccc1. The fourth-order valence-electron chi connectivity index (χ4n) is 4.14. The van der Waals surface area contributed by atoms with Crippen LogP contribution in [0.25, 0.3) is 0 Å². The normalized spacial score (nSPS) is 18.6. The highest BCUT2D eigenvalue weighted by atomic mass is 35.5. The van der Waals surface area contributed by atoms with E-state index in [9.17, 15) is 8.42 Å². The third-order valence-corrected chi connectivity index (χ3v) is 8.03. The largest absolute Gasteiger partial charge is 0.364 e. The van der Waals surface area contributed by atoms with Crippen molar-refractivity contribution in [2.45, 2.75) is 31.2 Å². The third-order valence-electron chi connectivity index (χ3n) is 5.77. The molecule has 1 aliphatic rings. The van der Waals surface area contributed by atoms with Crippen molar-refractivity contribution in [2.75, 3.05) is 18.0 Å². The molecule has 0 aromatic heterocycles. The number of anilines is 1. The molecule has 0 saturated carbocycles. The molecule has 2 atom stereocenters. The van der Waals surface area contributed by atoms with Gasteiger partial charge in [0.05, 0.1) is 10.9 Å². The molecule has 0 spiro atoms. The van der Waals surface area contributed by atoms with E-state index in [1.807, 2.05) is 36.4 Å². The highest BCUT2D eigenvalue weighted by Crippen LogP contribution is 2.40. The van der Waals surface area contributed by atoms with Gasteiger partial charge in [-0.05, 0) is 72.9 Å². The van der Waals surface area contributed by atoms with Gasteiger partial charge >= 0.3 is 0 Å². The van der Waals surface area contributed by atoms with Crippen LogP contribution in [0, 0.1) is 5.92 Å². The Kier molecular flexibility index (Phi) is 8.70. The Balaban J connectivity index is 0.00000306. The molecule has 0 unspecified atom stereocenters. The number of hydrogen-bond donors (Lipinski definition) is 1. The summed E-state index contributed by atoms with van der Waals surface area (Å²) in [4.78, 5) is 2.55. The lowest BCUT2D eigenvalue weighted by atomic mass is 9.88. The zero-order valence-electron chi connectivity index (χ0n) is 17.2. The van der Waals surface area contributed by atoms with E-state index in [1.165, 1.54) is 0 Å². The predicted octanol–water partition coefficient (Wildman–Crippen LogP) is 7.22. The Morgan fingerprint density at radius 2 is 1.55 bits per heavy atom. The van der Waals surface area contributed by atoms with Crippen molar-refractivity contribution < 1.29 is 8.42 Å². The zero-order valence-corrected chi connectivity index (χ0v) is 20.3. The van der Waals surface area contributed by atoms with Crippen LogP contribution in [-0.2, 0) is 10.0 Å². The first-order chi connectivity index (χ1) is 15.3. The highest BCUT2D eigenvalue weighted by Gasteiger charge is 2.31. The lowest BCUT2D eigenvalue weighted by molar-refractivity contribution is 0.358. The van der Waals surface area contributed by atoms with E-state index < -0.39 is 10.0 Å².